The van der Waals surface area contributed by atoms with Crippen molar-refractivity contribution >= 4 is 5.69 Å². The first kappa shape index (κ1) is 18.2. The minimum absolute atomic E-state index is 1.04. The van der Waals surface area contributed by atoms with Crippen LogP contribution in [0.5, 0.6) is 0 Å². The average molecular weight is 366 g/mol. The molecular weight excluding hydrogens is 334 g/mol. The van der Waals surface area contributed by atoms with Crippen molar-refractivity contribution in [1.29, 1.82) is 0 Å². The molecule has 0 radical (unpaired) electrons. The number of likely N-dealkylation sites (tertiary alicyclic amines) is 1. The highest BCUT2D eigenvalue weighted by atomic mass is 16.3. The molecule has 27 heavy (non-hydrogen) atoms. The highest BCUT2D eigenvalue weighted by Crippen LogP contribution is 2.24. The number of hydrogen-bond acceptors (Lipinski definition) is 4. The van der Waals surface area contributed by atoms with Gasteiger partial charge in [-0.3, -0.25) is 4.90 Å². The summed E-state index contributed by atoms with van der Waals surface area (Å²) >= 11 is 0. The lowest BCUT2D eigenvalue weighted by atomic mass is 10.1. The Morgan fingerprint density at radius 3 is 2.15 bits per heavy atom. The van der Waals surface area contributed by atoms with Crippen molar-refractivity contribution in [3.8, 4) is 11.1 Å². The lowest BCUT2D eigenvalue weighted by Gasteiger charge is -2.39. The maximum atomic E-state index is 5.18. The molecule has 1 aromatic carbocycles. The number of benzene rings is 1. The predicted octanol–water partition coefficient (Wildman–Crippen LogP) is 4.46. The number of furan rings is 1. The molecule has 0 aliphatic carbocycles. The van der Waals surface area contributed by atoms with E-state index in [0.29, 0.717) is 0 Å². The van der Waals surface area contributed by atoms with E-state index in [-0.39, 0.29) is 0 Å². The third kappa shape index (κ3) is 4.56. The molecule has 0 spiro atoms. The Balaban J connectivity index is 1.28. The molecule has 0 atom stereocenters. The molecule has 0 N–H and O–H groups in total. The van der Waals surface area contributed by atoms with Crippen LogP contribution < -0.4 is 4.90 Å². The zero-order chi connectivity index (χ0) is 18.5. The largest absolute Gasteiger partial charge is 0.472 e. The van der Waals surface area contributed by atoms with Gasteiger partial charge in [-0.15, -0.1) is 0 Å². The Labute approximate surface area is 163 Å². The Bertz CT molecular complexity index is 707. The Kier molecular flexibility index (Phi) is 5.83. The van der Waals surface area contributed by atoms with Gasteiger partial charge in [-0.05, 0) is 49.7 Å². The Morgan fingerprint density at radius 2 is 1.52 bits per heavy atom. The van der Waals surface area contributed by atoms with E-state index in [2.05, 4.69) is 45.5 Å². The molecule has 0 unspecified atom stereocenters. The molecule has 4 rings (SSSR count). The summed E-state index contributed by atoms with van der Waals surface area (Å²) in [5, 5.41) is 0. The molecule has 1 aromatic heterocycles. The molecule has 3 heterocycles. The van der Waals surface area contributed by atoms with Gasteiger partial charge in [0.1, 0.15) is 0 Å². The first-order valence-corrected chi connectivity index (χ1v) is 10.3. The van der Waals surface area contributed by atoms with Crippen molar-refractivity contribution < 1.29 is 4.42 Å². The zero-order valence-corrected chi connectivity index (χ0v) is 16.3. The van der Waals surface area contributed by atoms with Crippen LogP contribution in [-0.2, 0) is 0 Å². The summed E-state index contributed by atoms with van der Waals surface area (Å²) in [6, 6.07) is 10.8. The SMILES string of the molecule is C=C(CN1CCCCCC1)N1CCN(c2ccc(-c3ccoc3)cc2)CC1. The third-order valence-electron chi connectivity index (χ3n) is 5.92. The summed E-state index contributed by atoms with van der Waals surface area (Å²) in [5.74, 6) is 0. The van der Waals surface area contributed by atoms with Gasteiger partial charge in [-0.25, -0.2) is 0 Å². The van der Waals surface area contributed by atoms with E-state index >= 15 is 0 Å². The van der Waals surface area contributed by atoms with Crippen LogP contribution in [0.2, 0.25) is 0 Å². The quantitative estimate of drug-likeness (QED) is 0.780. The monoisotopic (exact) mass is 365 g/mol. The number of rotatable bonds is 5. The van der Waals surface area contributed by atoms with Gasteiger partial charge >= 0.3 is 0 Å². The van der Waals surface area contributed by atoms with Crippen LogP contribution in [0.1, 0.15) is 25.7 Å². The van der Waals surface area contributed by atoms with E-state index in [0.717, 1.165) is 38.3 Å². The molecule has 0 amide bonds. The molecule has 2 fully saturated rings. The van der Waals surface area contributed by atoms with Gasteiger partial charge in [-0.1, -0.05) is 31.6 Å². The fourth-order valence-electron chi connectivity index (χ4n) is 4.23. The molecule has 2 aromatic rings. The van der Waals surface area contributed by atoms with Crippen molar-refractivity contribution in [2.45, 2.75) is 25.7 Å². The molecule has 4 nitrogen and oxygen atoms in total. The van der Waals surface area contributed by atoms with Crippen LogP contribution in [0.3, 0.4) is 0 Å². The fraction of sp³-hybridized carbons (Fsp3) is 0.478. The summed E-state index contributed by atoms with van der Waals surface area (Å²) in [5.41, 5.74) is 4.94. The maximum Gasteiger partial charge on any atom is 0.0980 e. The summed E-state index contributed by atoms with van der Waals surface area (Å²) < 4.78 is 5.18. The summed E-state index contributed by atoms with van der Waals surface area (Å²) in [7, 11) is 0. The van der Waals surface area contributed by atoms with Crippen LogP contribution in [0.15, 0.2) is 59.6 Å². The fourth-order valence-corrected chi connectivity index (χ4v) is 4.23. The summed E-state index contributed by atoms with van der Waals surface area (Å²) in [4.78, 5) is 7.56. The first-order chi connectivity index (χ1) is 13.3. The van der Waals surface area contributed by atoms with E-state index in [1.165, 1.54) is 55.7 Å². The van der Waals surface area contributed by atoms with Gasteiger partial charge in [0, 0.05) is 49.7 Å². The van der Waals surface area contributed by atoms with Gasteiger partial charge in [-0.2, -0.15) is 0 Å². The van der Waals surface area contributed by atoms with Crippen LogP contribution >= 0.6 is 0 Å². The highest BCUT2D eigenvalue weighted by Gasteiger charge is 2.20. The van der Waals surface area contributed by atoms with E-state index in [1.54, 1.807) is 12.5 Å². The van der Waals surface area contributed by atoms with Crippen molar-refractivity contribution in [3.05, 3.63) is 55.1 Å². The van der Waals surface area contributed by atoms with Gasteiger partial charge < -0.3 is 14.2 Å². The number of hydrogen-bond donors (Lipinski definition) is 0. The molecule has 0 saturated carbocycles. The molecule has 0 bridgehead atoms. The molecule has 2 saturated heterocycles. The normalized spacial score (nSPS) is 19.1. The first-order valence-electron chi connectivity index (χ1n) is 10.3. The topological polar surface area (TPSA) is 22.9 Å². The van der Waals surface area contributed by atoms with Crippen LogP contribution in [0.25, 0.3) is 11.1 Å². The molecule has 4 heteroatoms. The number of piperazine rings is 1. The lowest BCUT2D eigenvalue weighted by Crippen LogP contribution is -2.47. The van der Waals surface area contributed by atoms with Crippen molar-refractivity contribution in [2.75, 3.05) is 50.7 Å². The zero-order valence-electron chi connectivity index (χ0n) is 16.3. The number of anilines is 1. The minimum Gasteiger partial charge on any atom is -0.472 e. The third-order valence-corrected chi connectivity index (χ3v) is 5.92. The average Bonchev–Trinajstić information content (AvgIpc) is 3.14. The second-order valence-corrected chi connectivity index (χ2v) is 7.79. The summed E-state index contributed by atoms with van der Waals surface area (Å²) in [6.45, 7) is 12.2. The number of nitrogens with zero attached hydrogens (tertiary/aromatic N) is 3. The Hall–Kier alpha value is -2.20. The maximum absolute atomic E-state index is 5.18. The highest BCUT2D eigenvalue weighted by molar-refractivity contribution is 5.65. The van der Waals surface area contributed by atoms with E-state index < -0.39 is 0 Å². The van der Waals surface area contributed by atoms with Crippen LogP contribution in [0.4, 0.5) is 5.69 Å². The van der Waals surface area contributed by atoms with E-state index in [1.807, 2.05) is 6.07 Å². The molecule has 144 valence electrons. The second kappa shape index (κ2) is 8.66. The van der Waals surface area contributed by atoms with Gasteiger partial charge in [0.15, 0.2) is 0 Å². The van der Waals surface area contributed by atoms with Crippen LogP contribution in [-0.4, -0.2) is 55.6 Å². The van der Waals surface area contributed by atoms with Gasteiger partial charge in [0.05, 0.1) is 12.5 Å². The predicted molar refractivity (Wildman–Crippen MR) is 112 cm³/mol. The van der Waals surface area contributed by atoms with E-state index in [9.17, 15) is 0 Å². The molecular formula is C23H31N3O. The van der Waals surface area contributed by atoms with Crippen molar-refractivity contribution in [2.24, 2.45) is 0 Å². The van der Waals surface area contributed by atoms with Gasteiger partial charge in [0.2, 0.25) is 0 Å². The summed E-state index contributed by atoms with van der Waals surface area (Å²) in [6.07, 6.45) is 8.98. The standard InChI is InChI=1S/C23H31N3O/c1-20(18-24-11-4-2-3-5-12-24)25-13-15-26(16-14-25)23-8-6-21(7-9-23)22-10-17-27-19-22/h6-10,17,19H,1-5,11-16,18H2. The van der Waals surface area contributed by atoms with Crippen LogP contribution in [0, 0.1) is 0 Å². The molecule has 2 aliphatic heterocycles. The Morgan fingerprint density at radius 1 is 0.815 bits per heavy atom. The smallest absolute Gasteiger partial charge is 0.0980 e. The minimum atomic E-state index is 1.04. The van der Waals surface area contributed by atoms with Gasteiger partial charge in [0.25, 0.3) is 0 Å². The second-order valence-electron chi connectivity index (χ2n) is 7.79. The van der Waals surface area contributed by atoms with E-state index in [4.69, 9.17) is 4.42 Å². The van der Waals surface area contributed by atoms with Crippen molar-refractivity contribution in [1.82, 2.24) is 9.80 Å². The van der Waals surface area contributed by atoms with Crippen molar-refractivity contribution in [3.63, 3.8) is 0 Å². The molecule has 2 aliphatic rings. The lowest BCUT2D eigenvalue weighted by molar-refractivity contribution is 0.248.